The van der Waals surface area contributed by atoms with Crippen molar-refractivity contribution in [2.24, 2.45) is 0 Å². The first-order chi connectivity index (χ1) is 8.24. The molecule has 1 saturated heterocycles. The Balaban J connectivity index is 0.00000120. The molecule has 98 valence electrons. The Labute approximate surface area is 123 Å². The van der Waals surface area contributed by atoms with Crippen LogP contribution in [0.15, 0.2) is 22.9 Å². The Morgan fingerprint density at radius 3 is 2.78 bits per heavy atom. The van der Waals surface area contributed by atoms with Crippen molar-refractivity contribution in [2.45, 2.75) is 18.8 Å². The van der Waals surface area contributed by atoms with Gasteiger partial charge in [-0.25, -0.2) is 9.37 Å². The third kappa shape index (κ3) is 2.60. The van der Waals surface area contributed by atoms with E-state index in [0.29, 0.717) is 11.6 Å². The van der Waals surface area contributed by atoms with E-state index < -0.39 is 0 Å². The molecule has 2 aromatic heterocycles. The number of pyridine rings is 1. The number of aromatic nitrogens is 2. The summed E-state index contributed by atoms with van der Waals surface area (Å²) < 4.78 is 21.5. The van der Waals surface area contributed by atoms with Crippen LogP contribution < -0.4 is 0 Å². The summed E-state index contributed by atoms with van der Waals surface area (Å²) in [5.41, 5.74) is 1.36. The molecule has 6 heteroatoms. The van der Waals surface area contributed by atoms with E-state index in [4.69, 9.17) is 4.74 Å². The van der Waals surface area contributed by atoms with Gasteiger partial charge < -0.3 is 9.14 Å². The zero-order valence-corrected chi connectivity index (χ0v) is 12.9. The van der Waals surface area contributed by atoms with Crippen LogP contribution in [-0.4, -0.2) is 22.6 Å². The Hall–Kier alpha value is -0.460. The molecule has 0 bridgehead atoms. The first kappa shape index (κ1) is 14.0. The number of halogens is 3. The average Bonchev–Trinajstić information content (AvgIpc) is 2.74. The highest BCUT2D eigenvalue weighted by atomic mass is 79.9. The summed E-state index contributed by atoms with van der Waals surface area (Å²) in [5.74, 6) is 0.0968. The molecule has 18 heavy (non-hydrogen) atoms. The molecule has 0 atom stereocenters. The van der Waals surface area contributed by atoms with Crippen molar-refractivity contribution in [3.8, 4) is 0 Å². The number of fused-ring (bicyclic) bond motifs is 1. The SMILES string of the molecule is Br.Fc1cc(Br)cn2cc(C3CCOCC3)nc12. The second kappa shape index (κ2) is 5.67. The first-order valence-electron chi connectivity index (χ1n) is 5.65. The molecule has 0 aromatic carbocycles. The number of rotatable bonds is 1. The van der Waals surface area contributed by atoms with Gasteiger partial charge >= 0.3 is 0 Å². The van der Waals surface area contributed by atoms with E-state index in [2.05, 4.69) is 20.9 Å². The lowest BCUT2D eigenvalue weighted by molar-refractivity contribution is 0.0846. The van der Waals surface area contributed by atoms with E-state index >= 15 is 0 Å². The lowest BCUT2D eigenvalue weighted by atomic mass is 9.97. The van der Waals surface area contributed by atoms with Crippen LogP contribution in [0.25, 0.3) is 5.65 Å². The van der Waals surface area contributed by atoms with Crippen LogP contribution in [0.3, 0.4) is 0 Å². The van der Waals surface area contributed by atoms with Crippen LogP contribution in [0.5, 0.6) is 0 Å². The van der Waals surface area contributed by atoms with Crippen molar-refractivity contribution in [1.29, 1.82) is 0 Å². The minimum atomic E-state index is -0.294. The van der Waals surface area contributed by atoms with Gasteiger partial charge in [-0.3, -0.25) is 0 Å². The monoisotopic (exact) mass is 378 g/mol. The highest BCUT2D eigenvalue weighted by Gasteiger charge is 2.19. The Kier molecular flexibility index (Phi) is 4.40. The highest BCUT2D eigenvalue weighted by Crippen LogP contribution is 2.27. The third-order valence-electron chi connectivity index (χ3n) is 3.13. The summed E-state index contributed by atoms with van der Waals surface area (Å²) in [5, 5.41) is 0. The van der Waals surface area contributed by atoms with Gasteiger partial charge in [0.1, 0.15) is 0 Å². The van der Waals surface area contributed by atoms with Crippen molar-refractivity contribution < 1.29 is 9.13 Å². The molecule has 3 nitrogen and oxygen atoms in total. The Bertz CT molecular complexity index is 552. The number of imidazole rings is 1. The lowest BCUT2D eigenvalue weighted by Gasteiger charge is -2.19. The standard InChI is InChI=1S/C12H12BrFN2O.BrH/c13-9-5-10(14)12-15-11(7-16(12)6-9)8-1-3-17-4-2-8;/h5-8H,1-4H2;1H. The molecule has 1 fully saturated rings. The summed E-state index contributed by atoms with van der Waals surface area (Å²) in [6, 6.07) is 1.44. The van der Waals surface area contributed by atoms with E-state index in [-0.39, 0.29) is 22.8 Å². The van der Waals surface area contributed by atoms with Gasteiger partial charge in [-0.2, -0.15) is 0 Å². The maximum absolute atomic E-state index is 13.7. The number of hydrogen-bond acceptors (Lipinski definition) is 2. The van der Waals surface area contributed by atoms with Crippen LogP contribution in [0.4, 0.5) is 4.39 Å². The summed E-state index contributed by atoms with van der Waals surface area (Å²) >= 11 is 3.28. The molecule has 0 saturated carbocycles. The van der Waals surface area contributed by atoms with Crippen LogP contribution >= 0.6 is 32.9 Å². The third-order valence-corrected chi connectivity index (χ3v) is 3.56. The van der Waals surface area contributed by atoms with Gasteiger partial charge in [0.25, 0.3) is 0 Å². The molecule has 2 aromatic rings. The van der Waals surface area contributed by atoms with E-state index in [1.807, 2.05) is 12.4 Å². The molecule has 0 amide bonds. The maximum Gasteiger partial charge on any atom is 0.173 e. The average molecular weight is 380 g/mol. The van der Waals surface area contributed by atoms with E-state index in [1.54, 1.807) is 4.40 Å². The molecule has 0 spiro atoms. The smallest absolute Gasteiger partial charge is 0.173 e. The summed E-state index contributed by atoms with van der Waals surface area (Å²) in [6.45, 7) is 1.54. The predicted molar refractivity (Wildman–Crippen MR) is 76.0 cm³/mol. The molecular weight excluding hydrogens is 367 g/mol. The fourth-order valence-corrected chi connectivity index (χ4v) is 2.66. The summed E-state index contributed by atoms with van der Waals surface area (Å²) in [6.07, 6.45) is 5.67. The highest BCUT2D eigenvalue weighted by molar-refractivity contribution is 9.10. The normalized spacial score (nSPS) is 16.8. The van der Waals surface area contributed by atoms with Gasteiger partial charge in [0.05, 0.1) is 5.69 Å². The van der Waals surface area contributed by atoms with Crippen molar-refractivity contribution in [3.05, 3.63) is 34.4 Å². The van der Waals surface area contributed by atoms with Gasteiger partial charge in [0.15, 0.2) is 11.5 Å². The van der Waals surface area contributed by atoms with E-state index in [9.17, 15) is 4.39 Å². The molecule has 0 N–H and O–H groups in total. The minimum Gasteiger partial charge on any atom is -0.381 e. The van der Waals surface area contributed by atoms with Crippen molar-refractivity contribution in [2.75, 3.05) is 13.2 Å². The quantitative estimate of drug-likeness (QED) is 0.755. The molecule has 0 radical (unpaired) electrons. The van der Waals surface area contributed by atoms with Crippen LogP contribution in [-0.2, 0) is 4.74 Å². The van der Waals surface area contributed by atoms with Gasteiger partial charge in [-0.1, -0.05) is 0 Å². The Morgan fingerprint density at radius 2 is 2.06 bits per heavy atom. The van der Waals surface area contributed by atoms with Crippen LogP contribution in [0.2, 0.25) is 0 Å². The zero-order valence-electron chi connectivity index (χ0n) is 9.60. The molecular formula is C12H13Br2FN2O. The molecule has 3 rings (SSSR count). The summed E-state index contributed by atoms with van der Waals surface area (Å²) in [7, 11) is 0. The molecule has 0 unspecified atom stereocenters. The second-order valence-electron chi connectivity index (χ2n) is 4.29. The predicted octanol–water partition coefficient (Wildman–Crippen LogP) is 3.71. The fourth-order valence-electron chi connectivity index (χ4n) is 2.23. The molecule has 0 aliphatic carbocycles. The minimum absolute atomic E-state index is 0. The van der Waals surface area contributed by atoms with E-state index in [1.165, 1.54) is 6.07 Å². The van der Waals surface area contributed by atoms with Gasteiger partial charge in [-0.15, -0.1) is 17.0 Å². The second-order valence-corrected chi connectivity index (χ2v) is 5.21. The fraction of sp³-hybridized carbons (Fsp3) is 0.417. The lowest BCUT2D eigenvalue weighted by Crippen LogP contribution is -2.14. The number of hydrogen-bond donors (Lipinski definition) is 0. The van der Waals surface area contributed by atoms with Crippen molar-refractivity contribution in [1.82, 2.24) is 9.38 Å². The van der Waals surface area contributed by atoms with Gasteiger partial charge in [0.2, 0.25) is 0 Å². The van der Waals surface area contributed by atoms with Crippen LogP contribution in [0, 0.1) is 5.82 Å². The van der Waals surface area contributed by atoms with Crippen LogP contribution in [0.1, 0.15) is 24.5 Å². The maximum atomic E-state index is 13.7. The summed E-state index contributed by atoms with van der Waals surface area (Å²) in [4.78, 5) is 4.39. The zero-order chi connectivity index (χ0) is 11.8. The Morgan fingerprint density at radius 1 is 1.33 bits per heavy atom. The largest absolute Gasteiger partial charge is 0.381 e. The molecule has 3 heterocycles. The van der Waals surface area contributed by atoms with Crippen molar-refractivity contribution in [3.63, 3.8) is 0 Å². The van der Waals surface area contributed by atoms with Crippen molar-refractivity contribution >= 4 is 38.6 Å². The topological polar surface area (TPSA) is 26.5 Å². The molecule has 1 aliphatic rings. The molecule has 1 aliphatic heterocycles. The van der Waals surface area contributed by atoms with Gasteiger partial charge in [-0.05, 0) is 34.8 Å². The first-order valence-corrected chi connectivity index (χ1v) is 6.45. The number of nitrogens with zero attached hydrogens (tertiary/aromatic N) is 2. The van der Waals surface area contributed by atoms with Gasteiger partial charge in [0, 0.05) is 36.0 Å². The number of ether oxygens (including phenoxy) is 1. The van der Waals surface area contributed by atoms with E-state index in [0.717, 1.165) is 36.2 Å².